The lowest BCUT2D eigenvalue weighted by Crippen LogP contribution is -2.55. The number of hydrogen-bond donors (Lipinski definition) is 2. The molecule has 0 aliphatic carbocycles. The second-order valence-corrected chi connectivity index (χ2v) is 6.01. The first-order valence-electron chi connectivity index (χ1n) is 8.26. The maximum atomic E-state index is 13.5. The van der Waals surface area contributed by atoms with Crippen LogP contribution in [0.1, 0.15) is 12.5 Å². The maximum absolute atomic E-state index is 13.5. The highest BCUT2D eigenvalue weighted by atomic mass is 19.1. The van der Waals surface area contributed by atoms with E-state index in [4.69, 9.17) is 4.74 Å². The molecular formula is C17H25FN4O3. The van der Waals surface area contributed by atoms with Gasteiger partial charge in [-0.15, -0.1) is 0 Å². The Morgan fingerprint density at radius 1 is 1.28 bits per heavy atom. The molecule has 0 spiro atoms. The Hall–Kier alpha value is -2.19. The molecule has 1 fully saturated rings. The first-order valence-corrected chi connectivity index (χ1v) is 8.26. The third-order valence-electron chi connectivity index (χ3n) is 4.43. The molecule has 138 valence electrons. The number of nitrogens with one attached hydrogen (secondary N) is 2. The molecule has 1 saturated heterocycles. The average Bonchev–Trinajstić information content (AvgIpc) is 2.61. The number of halogens is 1. The molecule has 0 saturated carbocycles. The van der Waals surface area contributed by atoms with Crippen molar-refractivity contribution >= 4 is 11.9 Å². The molecule has 25 heavy (non-hydrogen) atoms. The molecule has 2 rings (SSSR count). The lowest BCUT2D eigenvalue weighted by atomic mass is 10.1. The van der Waals surface area contributed by atoms with E-state index in [1.54, 1.807) is 20.1 Å². The van der Waals surface area contributed by atoms with E-state index >= 15 is 0 Å². The molecule has 0 unspecified atom stereocenters. The minimum absolute atomic E-state index is 0.283. The Labute approximate surface area is 147 Å². The van der Waals surface area contributed by atoms with Crippen molar-refractivity contribution in [2.45, 2.75) is 19.5 Å². The normalized spacial score (nSPS) is 17.0. The van der Waals surface area contributed by atoms with Crippen LogP contribution in [-0.4, -0.2) is 68.1 Å². The summed E-state index contributed by atoms with van der Waals surface area (Å²) in [5.41, 5.74) is 0.807. The number of hydrogen-bond acceptors (Lipinski definition) is 5. The molecule has 1 aromatic rings. The average molecular weight is 352 g/mol. The smallest absolute Gasteiger partial charge is 0.321 e. The van der Waals surface area contributed by atoms with Crippen molar-refractivity contribution in [3.05, 3.63) is 29.6 Å². The molecule has 7 nitrogen and oxygen atoms in total. The largest absolute Gasteiger partial charge is 0.496 e. The van der Waals surface area contributed by atoms with Crippen LogP contribution in [0.5, 0.6) is 5.75 Å². The fraction of sp³-hybridized carbons (Fsp3) is 0.529. The topological polar surface area (TPSA) is 73.9 Å². The van der Waals surface area contributed by atoms with Gasteiger partial charge in [-0.25, -0.2) is 9.18 Å². The van der Waals surface area contributed by atoms with Crippen LogP contribution >= 0.6 is 0 Å². The summed E-state index contributed by atoms with van der Waals surface area (Å²) in [5, 5.41) is 4.66. The maximum Gasteiger partial charge on any atom is 0.321 e. The van der Waals surface area contributed by atoms with Crippen molar-refractivity contribution in [2.24, 2.45) is 0 Å². The van der Waals surface area contributed by atoms with E-state index in [1.165, 1.54) is 19.2 Å². The van der Waals surface area contributed by atoms with Gasteiger partial charge in [0.25, 0.3) is 0 Å². The zero-order chi connectivity index (χ0) is 18.4. The monoisotopic (exact) mass is 352 g/mol. The van der Waals surface area contributed by atoms with Gasteiger partial charge in [-0.2, -0.15) is 0 Å². The van der Waals surface area contributed by atoms with Gasteiger partial charge in [-0.1, -0.05) is 0 Å². The highest BCUT2D eigenvalue weighted by molar-refractivity contribution is 5.96. The van der Waals surface area contributed by atoms with Gasteiger partial charge >= 0.3 is 6.03 Å². The molecule has 0 radical (unpaired) electrons. The van der Waals surface area contributed by atoms with Crippen molar-refractivity contribution in [3.63, 3.8) is 0 Å². The number of methoxy groups -OCH3 is 1. The Morgan fingerprint density at radius 2 is 1.96 bits per heavy atom. The summed E-state index contributed by atoms with van der Waals surface area (Å²) >= 11 is 0. The zero-order valence-corrected chi connectivity index (χ0v) is 14.8. The standard InChI is InChI=1S/C17H25FN4O3/c1-12(16(23)20-17(24)19-2)22-8-6-21(7-9-22)11-13-10-14(18)4-5-15(13)25-3/h4-5,10,12H,6-9,11H2,1-3H3,(H2,19,20,23,24)/t12-/m0/s1. The van der Waals surface area contributed by atoms with Crippen LogP contribution < -0.4 is 15.4 Å². The number of carbonyl (C=O) groups excluding carboxylic acids is 2. The van der Waals surface area contributed by atoms with Crippen LogP contribution in [0.2, 0.25) is 0 Å². The van der Waals surface area contributed by atoms with E-state index in [0.29, 0.717) is 25.4 Å². The van der Waals surface area contributed by atoms with Gasteiger partial charge in [-0.3, -0.25) is 19.9 Å². The lowest BCUT2D eigenvalue weighted by molar-refractivity contribution is -0.125. The van der Waals surface area contributed by atoms with E-state index in [1.807, 2.05) is 4.90 Å². The first kappa shape index (κ1) is 19.1. The summed E-state index contributed by atoms with van der Waals surface area (Å²) in [4.78, 5) is 27.5. The molecule has 1 atom stereocenters. The van der Waals surface area contributed by atoms with Crippen molar-refractivity contribution < 1.29 is 18.7 Å². The van der Waals surface area contributed by atoms with Crippen molar-refractivity contribution in [3.8, 4) is 5.75 Å². The second kappa shape index (κ2) is 8.77. The van der Waals surface area contributed by atoms with Crippen LogP contribution in [0.15, 0.2) is 18.2 Å². The molecule has 8 heteroatoms. The second-order valence-electron chi connectivity index (χ2n) is 6.01. The first-order chi connectivity index (χ1) is 11.9. The van der Waals surface area contributed by atoms with Crippen LogP contribution in [0.4, 0.5) is 9.18 Å². The number of rotatable bonds is 5. The summed E-state index contributed by atoms with van der Waals surface area (Å²) in [5.74, 6) is 0.0654. The van der Waals surface area contributed by atoms with E-state index in [2.05, 4.69) is 15.5 Å². The molecule has 0 aromatic heterocycles. The molecule has 3 amide bonds. The number of imide groups is 1. The number of carbonyl (C=O) groups is 2. The van der Waals surface area contributed by atoms with Crippen LogP contribution in [0, 0.1) is 5.82 Å². The third kappa shape index (κ3) is 5.14. The van der Waals surface area contributed by atoms with Gasteiger partial charge in [0.15, 0.2) is 0 Å². The van der Waals surface area contributed by atoms with Crippen LogP contribution in [-0.2, 0) is 11.3 Å². The Bertz CT molecular complexity index is 618. The third-order valence-corrected chi connectivity index (χ3v) is 4.43. The number of piperazine rings is 1. The fourth-order valence-corrected chi connectivity index (χ4v) is 2.87. The lowest BCUT2D eigenvalue weighted by Gasteiger charge is -2.37. The minimum Gasteiger partial charge on any atom is -0.496 e. The number of ether oxygens (including phenoxy) is 1. The minimum atomic E-state index is -0.506. The molecule has 1 aliphatic heterocycles. The molecule has 1 aromatic carbocycles. The van der Waals surface area contributed by atoms with Crippen molar-refractivity contribution in [1.82, 2.24) is 20.4 Å². The fourth-order valence-electron chi connectivity index (χ4n) is 2.87. The number of nitrogens with zero attached hydrogens (tertiary/aromatic N) is 2. The molecule has 0 bridgehead atoms. The van der Waals surface area contributed by atoms with E-state index in [9.17, 15) is 14.0 Å². The highest BCUT2D eigenvalue weighted by Crippen LogP contribution is 2.22. The summed E-state index contributed by atoms with van der Waals surface area (Å²) in [7, 11) is 3.04. The zero-order valence-electron chi connectivity index (χ0n) is 14.8. The summed E-state index contributed by atoms with van der Waals surface area (Å²) in [6.07, 6.45) is 0. The van der Waals surface area contributed by atoms with Gasteiger partial charge < -0.3 is 10.1 Å². The predicted molar refractivity (Wildman–Crippen MR) is 91.9 cm³/mol. The quantitative estimate of drug-likeness (QED) is 0.820. The molecule has 2 N–H and O–H groups in total. The molecule has 1 aliphatic rings. The highest BCUT2D eigenvalue weighted by Gasteiger charge is 2.26. The summed E-state index contributed by atoms with van der Waals surface area (Å²) in [6.45, 7) is 5.26. The van der Waals surface area contributed by atoms with Crippen molar-refractivity contribution in [1.29, 1.82) is 0 Å². The van der Waals surface area contributed by atoms with E-state index in [-0.39, 0.29) is 17.8 Å². The van der Waals surface area contributed by atoms with Gasteiger partial charge in [0.1, 0.15) is 11.6 Å². The predicted octanol–water partition coefficient (Wildman–Crippen LogP) is 0.796. The summed E-state index contributed by atoms with van der Waals surface area (Å²) in [6, 6.07) is 3.61. The van der Waals surface area contributed by atoms with Crippen LogP contribution in [0.25, 0.3) is 0 Å². The Kier molecular flexibility index (Phi) is 6.72. The van der Waals surface area contributed by atoms with Gasteiger partial charge in [0, 0.05) is 45.3 Å². The summed E-state index contributed by atoms with van der Waals surface area (Å²) < 4.78 is 18.8. The van der Waals surface area contributed by atoms with E-state index < -0.39 is 6.03 Å². The van der Waals surface area contributed by atoms with Gasteiger partial charge in [0.05, 0.1) is 13.2 Å². The molecular weight excluding hydrogens is 327 g/mol. The van der Waals surface area contributed by atoms with E-state index in [0.717, 1.165) is 18.7 Å². The van der Waals surface area contributed by atoms with Gasteiger partial charge in [0.2, 0.25) is 5.91 Å². The number of amides is 3. The number of benzene rings is 1. The number of urea groups is 1. The van der Waals surface area contributed by atoms with Crippen LogP contribution in [0.3, 0.4) is 0 Å². The SMILES string of the molecule is CNC(=O)NC(=O)[C@H](C)N1CCN(Cc2cc(F)ccc2OC)CC1. The van der Waals surface area contributed by atoms with Gasteiger partial charge in [-0.05, 0) is 25.1 Å². The van der Waals surface area contributed by atoms with Crippen molar-refractivity contribution in [2.75, 3.05) is 40.3 Å². The molecule has 1 heterocycles. The Morgan fingerprint density at radius 3 is 2.56 bits per heavy atom. The Balaban J connectivity index is 1.88.